The van der Waals surface area contributed by atoms with E-state index in [-0.39, 0.29) is 18.6 Å². The van der Waals surface area contributed by atoms with Gasteiger partial charge < -0.3 is 10.0 Å². The maximum Gasteiger partial charge on any atom is 0.256 e. The Kier molecular flexibility index (Phi) is 9.47. The Morgan fingerprint density at radius 1 is 1.16 bits per heavy atom. The molecule has 6 nitrogen and oxygen atoms in total. The van der Waals surface area contributed by atoms with Crippen molar-refractivity contribution in [1.29, 1.82) is 0 Å². The summed E-state index contributed by atoms with van der Waals surface area (Å²) < 4.78 is 0. The quantitative estimate of drug-likeness (QED) is 0.901. The van der Waals surface area contributed by atoms with Gasteiger partial charge in [0.2, 0.25) is 0 Å². The molecule has 1 amide bonds. The number of nitrogens with zero attached hydrogens (tertiary/aromatic N) is 4. The van der Waals surface area contributed by atoms with E-state index in [1.54, 1.807) is 23.4 Å². The van der Waals surface area contributed by atoms with Gasteiger partial charge in [0.05, 0.1) is 30.3 Å². The van der Waals surface area contributed by atoms with Crippen LogP contribution in [0.1, 0.15) is 57.3 Å². The van der Waals surface area contributed by atoms with Gasteiger partial charge in [-0.2, -0.15) is 15.0 Å². The van der Waals surface area contributed by atoms with Gasteiger partial charge in [-0.25, -0.2) is 0 Å². The molecule has 6 heteroatoms. The maximum atomic E-state index is 12.8. The second-order valence-corrected chi connectivity index (χ2v) is 5.14. The molecule has 0 atom stereocenters. The standard InChI is InChI=1S/C15H18N4O2.2C2H6/c20-11-10-18(12-4-3-5-12)15(21)13-6-1-2-7-14(13)19-16-8-9-17-19;2*1-2/h1-2,6-9,12,20H,3-5,10-11H2;2*1-2H3. The molecule has 0 radical (unpaired) electrons. The molecule has 1 fully saturated rings. The molecule has 1 aromatic heterocycles. The number of para-hydroxylation sites is 1. The number of hydrogen-bond donors (Lipinski definition) is 1. The first kappa shape index (κ1) is 20.8. The fraction of sp³-hybridized carbons (Fsp3) is 0.526. The van der Waals surface area contributed by atoms with Gasteiger partial charge in [0, 0.05) is 12.6 Å². The van der Waals surface area contributed by atoms with Crippen molar-refractivity contribution in [3.63, 3.8) is 0 Å². The summed E-state index contributed by atoms with van der Waals surface area (Å²) in [5.74, 6) is -0.0679. The van der Waals surface area contributed by atoms with E-state index in [9.17, 15) is 9.90 Å². The number of benzene rings is 1. The van der Waals surface area contributed by atoms with Gasteiger partial charge in [-0.15, -0.1) is 0 Å². The Bertz CT molecular complexity index is 610. The predicted octanol–water partition coefficient (Wildman–Crippen LogP) is 3.31. The maximum absolute atomic E-state index is 12.8. The number of amides is 1. The van der Waals surface area contributed by atoms with Crippen molar-refractivity contribution in [2.45, 2.75) is 53.0 Å². The fourth-order valence-corrected chi connectivity index (χ4v) is 2.58. The number of carbonyl (C=O) groups excluding carboxylic acids is 1. The van der Waals surface area contributed by atoms with Crippen molar-refractivity contribution in [3.05, 3.63) is 42.2 Å². The highest BCUT2D eigenvalue weighted by atomic mass is 16.3. The lowest BCUT2D eigenvalue weighted by molar-refractivity contribution is 0.0525. The number of aromatic nitrogens is 3. The Morgan fingerprint density at radius 3 is 2.28 bits per heavy atom. The molecule has 1 aliphatic carbocycles. The first-order chi connectivity index (χ1) is 12.3. The van der Waals surface area contributed by atoms with Crippen molar-refractivity contribution in [2.24, 2.45) is 0 Å². The second-order valence-electron chi connectivity index (χ2n) is 5.14. The number of carbonyl (C=O) groups is 1. The van der Waals surface area contributed by atoms with E-state index in [2.05, 4.69) is 10.2 Å². The second kappa shape index (κ2) is 11.4. The molecule has 0 spiro atoms. The molecule has 1 heterocycles. The van der Waals surface area contributed by atoms with E-state index in [1.807, 2.05) is 45.9 Å². The molecule has 1 N–H and O–H groups in total. The van der Waals surface area contributed by atoms with Crippen LogP contribution in [0.3, 0.4) is 0 Å². The number of rotatable bonds is 5. The first-order valence-electron chi connectivity index (χ1n) is 9.19. The van der Waals surface area contributed by atoms with Crippen LogP contribution >= 0.6 is 0 Å². The number of hydrogen-bond acceptors (Lipinski definition) is 4. The molecule has 25 heavy (non-hydrogen) atoms. The Balaban J connectivity index is 0.000000730. The van der Waals surface area contributed by atoms with Gasteiger partial charge in [0.15, 0.2) is 0 Å². The monoisotopic (exact) mass is 346 g/mol. The molecule has 0 saturated heterocycles. The minimum atomic E-state index is -0.0679. The average Bonchev–Trinajstić information content (AvgIpc) is 3.17. The van der Waals surface area contributed by atoms with Crippen LogP contribution in [0.4, 0.5) is 0 Å². The van der Waals surface area contributed by atoms with E-state index >= 15 is 0 Å². The van der Waals surface area contributed by atoms with E-state index < -0.39 is 0 Å². The van der Waals surface area contributed by atoms with Crippen molar-refractivity contribution in [1.82, 2.24) is 19.9 Å². The summed E-state index contributed by atoms with van der Waals surface area (Å²) in [6.07, 6.45) is 6.32. The molecule has 0 bridgehead atoms. The Labute approximate surface area is 150 Å². The summed E-state index contributed by atoms with van der Waals surface area (Å²) in [4.78, 5) is 16.1. The van der Waals surface area contributed by atoms with Crippen LogP contribution in [0.25, 0.3) is 5.69 Å². The van der Waals surface area contributed by atoms with E-state index in [0.717, 1.165) is 19.3 Å². The van der Waals surface area contributed by atoms with Crippen LogP contribution in [0.2, 0.25) is 0 Å². The summed E-state index contributed by atoms with van der Waals surface area (Å²) >= 11 is 0. The third kappa shape index (κ3) is 5.13. The molecule has 2 aromatic rings. The van der Waals surface area contributed by atoms with Crippen LogP contribution in [0.5, 0.6) is 0 Å². The lowest BCUT2D eigenvalue weighted by Gasteiger charge is -2.37. The van der Waals surface area contributed by atoms with Gasteiger partial charge in [-0.3, -0.25) is 4.79 Å². The van der Waals surface area contributed by atoms with Crippen LogP contribution in [0, 0.1) is 0 Å². The van der Waals surface area contributed by atoms with E-state index in [0.29, 0.717) is 17.8 Å². The zero-order chi connectivity index (χ0) is 18.7. The van der Waals surface area contributed by atoms with Crippen molar-refractivity contribution in [2.75, 3.05) is 13.2 Å². The van der Waals surface area contributed by atoms with Gasteiger partial charge in [0.25, 0.3) is 5.91 Å². The van der Waals surface area contributed by atoms with Gasteiger partial charge >= 0.3 is 0 Å². The third-order valence-electron chi connectivity index (χ3n) is 3.89. The molecule has 1 saturated carbocycles. The highest BCUT2D eigenvalue weighted by Gasteiger charge is 2.30. The van der Waals surface area contributed by atoms with E-state index in [4.69, 9.17) is 0 Å². The Morgan fingerprint density at radius 2 is 1.76 bits per heavy atom. The molecular formula is C19H30N4O2. The highest BCUT2D eigenvalue weighted by Crippen LogP contribution is 2.27. The van der Waals surface area contributed by atoms with Crippen LogP contribution in [-0.2, 0) is 0 Å². The largest absolute Gasteiger partial charge is 0.395 e. The summed E-state index contributed by atoms with van der Waals surface area (Å²) in [6.45, 7) is 8.34. The summed E-state index contributed by atoms with van der Waals surface area (Å²) in [6, 6.07) is 7.53. The average molecular weight is 346 g/mol. The minimum Gasteiger partial charge on any atom is -0.395 e. The van der Waals surface area contributed by atoms with Crippen molar-refractivity contribution < 1.29 is 9.90 Å². The third-order valence-corrected chi connectivity index (χ3v) is 3.89. The Hall–Kier alpha value is -2.21. The smallest absolute Gasteiger partial charge is 0.256 e. The summed E-state index contributed by atoms with van der Waals surface area (Å²) in [5.41, 5.74) is 1.23. The minimum absolute atomic E-state index is 0.0234. The lowest BCUT2D eigenvalue weighted by Crippen LogP contribution is -2.45. The van der Waals surface area contributed by atoms with Gasteiger partial charge in [-0.05, 0) is 31.4 Å². The zero-order valence-electron chi connectivity index (χ0n) is 15.7. The molecule has 1 aromatic carbocycles. The van der Waals surface area contributed by atoms with Crippen LogP contribution < -0.4 is 0 Å². The topological polar surface area (TPSA) is 71.2 Å². The van der Waals surface area contributed by atoms with Crippen molar-refractivity contribution in [3.8, 4) is 5.69 Å². The van der Waals surface area contributed by atoms with E-state index in [1.165, 1.54) is 4.80 Å². The molecule has 0 unspecified atom stereocenters. The molecule has 3 rings (SSSR count). The molecular weight excluding hydrogens is 316 g/mol. The SMILES string of the molecule is CC.CC.O=C(c1ccccc1-n1nccn1)N(CCO)C1CCC1. The highest BCUT2D eigenvalue weighted by molar-refractivity contribution is 5.98. The zero-order valence-corrected chi connectivity index (χ0v) is 15.7. The van der Waals surface area contributed by atoms with Gasteiger partial charge in [-0.1, -0.05) is 39.8 Å². The molecule has 0 aliphatic heterocycles. The summed E-state index contributed by atoms with van der Waals surface area (Å²) in [5, 5.41) is 17.4. The normalized spacial score (nSPS) is 12.8. The van der Waals surface area contributed by atoms with Gasteiger partial charge in [0.1, 0.15) is 0 Å². The molecule has 138 valence electrons. The van der Waals surface area contributed by atoms with Crippen molar-refractivity contribution >= 4 is 5.91 Å². The molecule has 1 aliphatic rings. The predicted molar refractivity (Wildman–Crippen MR) is 99.8 cm³/mol. The first-order valence-corrected chi connectivity index (χ1v) is 9.19. The number of aliphatic hydroxyl groups excluding tert-OH is 1. The van der Waals surface area contributed by atoms with Crippen LogP contribution in [0.15, 0.2) is 36.7 Å². The lowest BCUT2D eigenvalue weighted by atomic mass is 9.91. The number of aliphatic hydroxyl groups is 1. The summed E-state index contributed by atoms with van der Waals surface area (Å²) in [7, 11) is 0. The van der Waals surface area contributed by atoms with Crippen LogP contribution in [-0.4, -0.2) is 50.1 Å². The fourth-order valence-electron chi connectivity index (χ4n) is 2.58.